The van der Waals surface area contributed by atoms with Gasteiger partial charge >= 0.3 is 17.8 Å². The van der Waals surface area contributed by atoms with E-state index >= 15 is 0 Å². The van der Waals surface area contributed by atoms with Crippen molar-refractivity contribution < 1.29 is 22.7 Å². The van der Waals surface area contributed by atoms with Gasteiger partial charge < -0.3 is 4.74 Å². The lowest BCUT2D eigenvalue weighted by molar-refractivity contribution is -0.236. The lowest BCUT2D eigenvalue weighted by Gasteiger charge is -2.35. The molecule has 0 unspecified atom stereocenters. The van der Waals surface area contributed by atoms with Crippen molar-refractivity contribution in [1.29, 1.82) is 0 Å². The van der Waals surface area contributed by atoms with Crippen molar-refractivity contribution in [2.24, 2.45) is 0 Å². The second-order valence-corrected chi connectivity index (χ2v) is 7.68. The normalized spacial score (nSPS) is 13.2. The number of halogens is 3. The summed E-state index contributed by atoms with van der Waals surface area (Å²) >= 11 is 0. The number of nitrogens with one attached hydrogen (secondary N) is 1. The summed E-state index contributed by atoms with van der Waals surface area (Å²) < 4.78 is 47.3. The molecule has 2 aromatic carbocycles. The van der Waals surface area contributed by atoms with Gasteiger partial charge in [-0.25, -0.2) is 4.79 Å². The Labute approximate surface area is 175 Å². The maximum Gasteiger partial charge on any atom is 0.426 e. The number of carbonyl (C=O) groups is 1. The van der Waals surface area contributed by atoms with Gasteiger partial charge in [0.2, 0.25) is 6.10 Å². The van der Waals surface area contributed by atoms with Crippen LogP contribution in [-0.2, 0) is 21.5 Å². The number of aromatic amines is 1. The molecular weight excluding hydrogens is 413 g/mol. The van der Waals surface area contributed by atoms with Crippen molar-refractivity contribution in [1.82, 2.24) is 9.55 Å². The van der Waals surface area contributed by atoms with E-state index in [1.807, 2.05) is 0 Å². The number of aromatic nitrogens is 2. The molecule has 164 valence electrons. The van der Waals surface area contributed by atoms with Crippen LogP contribution in [0.3, 0.4) is 0 Å². The molecule has 3 rings (SSSR count). The van der Waals surface area contributed by atoms with Crippen LogP contribution in [0.4, 0.5) is 13.2 Å². The maximum absolute atomic E-state index is 13.8. The Balaban J connectivity index is 1.83. The highest BCUT2D eigenvalue weighted by molar-refractivity contribution is 5.78. The van der Waals surface area contributed by atoms with E-state index in [0.717, 1.165) is 4.57 Å². The summed E-state index contributed by atoms with van der Waals surface area (Å²) in [5.74, 6) is -1.10. The Morgan fingerprint density at radius 2 is 1.65 bits per heavy atom. The first kappa shape index (κ1) is 22.3. The lowest BCUT2D eigenvalue weighted by atomic mass is 9.79. The molecule has 0 fully saturated rings. The molecule has 0 aliphatic rings. The number of ether oxygens (including phenoxy) is 1. The van der Waals surface area contributed by atoms with E-state index in [9.17, 15) is 27.6 Å². The van der Waals surface area contributed by atoms with Gasteiger partial charge in [0, 0.05) is 12.0 Å². The zero-order valence-corrected chi connectivity index (χ0v) is 16.9. The minimum Gasteiger partial charge on any atom is -0.452 e. The number of fused-ring (bicyclic) bond motifs is 1. The van der Waals surface area contributed by atoms with Crippen LogP contribution >= 0.6 is 0 Å². The molecule has 0 saturated heterocycles. The molecule has 3 aromatic rings. The van der Waals surface area contributed by atoms with E-state index < -0.39 is 41.3 Å². The number of hydrogen-bond donors (Lipinski definition) is 1. The van der Waals surface area contributed by atoms with Crippen molar-refractivity contribution in [3.63, 3.8) is 0 Å². The Bertz CT molecular complexity index is 1200. The minimum atomic E-state index is -4.80. The van der Waals surface area contributed by atoms with Crippen LogP contribution in [0.15, 0.2) is 64.2 Å². The van der Waals surface area contributed by atoms with Gasteiger partial charge in [-0.15, -0.1) is 0 Å². The number of hydrogen-bond acceptors (Lipinski definition) is 4. The first-order valence-corrected chi connectivity index (χ1v) is 9.55. The maximum atomic E-state index is 13.8. The monoisotopic (exact) mass is 434 g/mol. The van der Waals surface area contributed by atoms with Crippen LogP contribution in [0, 0.1) is 0 Å². The number of H-pyrrole nitrogens is 1. The first-order chi connectivity index (χ1) is 14.5. The van der Waals surface area contributed by atoms with Crippen LogP contribution in [-0.4, -0.2) is 27.8 Å². The molecule has 1 aromatic heterocycles. The zero-order chi connectivity index (χ0) is 22.8. The highest BCUT2D eigenvalue weighted by Gasteiger charge is 2.52. The molecule has 1 atom stereocenters. The van der Waals surface area contributed by atoms with E-state index in [-0.39, 0.29) is 17.4 Å². The van der Waals surface area contributed by atoms with Crippen molar-refractivity contribution in [3.8, 4) is 0 Å². The molecule has 0 aliphatic carbocycles. The van der Waals surface area contributed by atoms with E-state index in [1.165, 1.54) is 26.0 Å². The standard InChI is InChI=1S/C22H21F3N2O4/c1-21(2,14-8-4-3-5-9-14)19(22(23,24)25)31-17(28)12-13-27-16-11-7-6-10-15(16)18(29)26-20(27)30/h3-11,19H,12-13H2,1-2H3,(H,26,29,30)/t19-/m0/s1. The molecule has 0 spiro atoms. The van der Waals surface area contributed by atoms with Gasteiger partial charge in [-0.3, -0.25) is 19.1 Å². The molecule has 0 radical (unpaired) electrons. The molecule has 0 saturated carbocycles. The molecule has 0 bridgehead atoms. The third kappa shape index (κ3) is 4.70. The van der Waals surface area contributed by atoms with Crippen molar-refractivity contribution in [3.05, 3.63) is 81.0 Å². The molecule has 9 heteroatoms. The first-order valence-electron chi connectivity index (χ1n) is 9.55. The predicted octanol–water partition coefficient (Wildman–Crippen LogP) is 3.53. The number of carbonyl (C=O) groups excluding carboxylic acids is 1. The number of esters is 1. The second kappa shape index (κ2) is 8.41. The Hall–Kier alpha value is -3.36. The largest absolute Gasteiger partial charge is 0.452 e. The van der Waals surface area contributed by atoms with E-state index in [4.69, 9.17) is 4.74 Å². The van der Waals surface area contributed by atoms with Crippen molar-refractivity contribution in [2.75, 3.05) is 0 Å². The SMILES string of the molecule is CC(C)(c1ccccc1)[C@H](OC(=O)CCn1c(=O)[nH]c(=O)c2ccccc21)C(F)(F)F. The molecule has 0 aliphatic heterocycles. The van der Waals surface area contributed by atoms with Gasteiger partial charge in [0.15, 0.2) is 0 Å². The molecule has 1 heterocycles. The summed E-state index contributed by atoms with van der Waals surface area (Å²) in [5, 5.41) is 0.230. The summed E-state index contributed by atoms with van der Waals surface area (Å²) in [7, 11) is 0. The van der Waals surface area contributed by atoms with Gasteiger partial charge in [-0.1, -0.05) is 56.3 Å². The molecular formula is C22H21F3N2O4. The summed E-state index contributed by atoms with van der Waals surface area (Å²) in [5.41, 5.74) is -2.22. The number of aryl methyl sites for hydroxylation is 1. The van der Waals surface area contributed by atoms with Crippen molar-refractivity contribution >= 4 is 16.9 Å². The van der Waals surface area contributed by atoms with Crippen LogP contribution in [0.1, 0.15) is 25.8 Å². The number of rotatable bonds is 6. The predicted molar refractivity (Wildman–Crippen MR) is 109 cm³/mol. The van der Waals surface area contributed by atoms with E-state index in [1.54, 1.807) is 42.5 Å². The third-order valence-electron chi connectivity index (χ3n) is 5.16. The highest BCUT2D eigenvalue weighted by atomic mass is 19.4. The zero-order valence-electron chi connectivity index (χ0n) is 16.9. The minimum absolute atomic E-state index is 0.230. The fourth-order valence-corrected chi connectivity index (χ4v) is 3.50. The van der Waals surface area contributed by atoms with Crippen LogP contribution < -0.4 is 11.2 Å². The number of benzene rings is 2. The lowest BCUT2D eigenvalue weighted by Crippen LogP contribution is -2.48. The number of para-hydroxylation sites is 1. The number of alkyl halides is 3. The van der Waals surface area contributed by atoms with Gasteiger partial charge in [-0.05, 0) is 17.7 Å². The smallest absolute Gasteiger partial charge is 0.426 e. The Morgan fingerprint density at radius 3 is 2.29 bits per heavy atom. The summed E-state index contributed by atoms with van der Waals surface area (Å²) in [4.78, 5) is 38.6. The average Bonchev–Trinajstić information content (AvgIpc) is 2.71. The second-order valence-electron chi connectivity index (χ2n) is 7.68. The average molecular weight is 434 g/mol. The summed E-state index contributed by atoms with van der Waals surface area (Å²) in [6.45, 7) is 2.47. The van der Waals surface area contributed by atoms with E-state index in [0.29, 0.717) is 5.56 Å². The fraction of sp³-hybridized carbons (Fsp3) is 0.318. The molecule has 6 nitrogen and oxygen atoms in total. The molecule has 0 amide bonds. The molecule has 31 heavy (non-hydrogen) atoms. The number of nitrogens with zero attached hydrogens (tertiary/aromatic N) is 1. The van der Waals surface area contributed by atoms with Gasteiger partial charge in [0.1, 0.15) is 0 Å². The van der Waals surface area contributed by atoms with Gasteiger partial charge in [-0.2, -0.15) is 13.2 Å². The van der Waals surface area contributed by atoms with Crippen LogP contribution in [0.25, 0.3) is 10.9 Å². The quantitative estimate of drug-likeness (QED) is 0.602. The third-order valence-corrected chi connectivity index (χ3v) is 5.16. The summed E-state index contributed by atoms with van der Waals surface area (Å²) in [6, 6.07) is 14.2. The highest BCUT2D eigenvalue weighted by Crippen LogP contribution is 2.39. The Kier molecular flexibility index (Phi) is 6.06. The van der Waals surface area contributed by atoms with Gasteiger partial charge in [0.25, 0.3) is 5.56 Å². The summed E-state index contributed by atoms with van der Waals surface area (Å²) in [6.07, 6.45) is -7.65. The van der Waals surface area contributed by atoms with Gasteiger partial charge in [0.05, 0.1) is 17.3 Å². The van der Waals surface area contributed by atoms with Crippen LogP contribution in [0.5, 0.6) is 0 Å². The Morgan fingerprint density at radius 1 is 1.03 bits per heavy atom. The topological polar surface area (TPSA) is 81.2 Å². The fourth-order valence-electron chi connectivity index (χ4n) is 3.50. The van der Waals surface area contributed by atoms with E-state index in [2.05, 4.69) is 4.98 Å². The van der Waals surface area contributed by atoms with Crippen LogP contribution in [0.2, 0.25) is 0 Å². The molecule has 1 N–H and O–H groups in total. The van der Waals surface area contributed by atoms with Crippen molar-refractivity contribution in [2.45, 2.75) is 44.5 Å².